The molecule has 0 unspecified atom stereocenters. The predicted molar refractivity (Wildman–Crippen MR) is 101 cm³/mol. The molecule has 27 heavy (non-hydrogen) atoms. The lowest BCUT2D eigenvalue weighted by Gasteiger charge is -2.09. The van der Waals surface area contributed by atoms with Gasteiger partial charge in [-0.1, -0.05) is 12.1 Å². The minimum Gasteiger partial charge on any atom is -0.385 e. The van der Waals surface area contributed by atoms with Gasteiger partial charge in [-0.3, -0.25) is 9.89 Å². The van der Waals surface area contributed by atoms with Gasteiger partial charge in [0.25, 0.3) is 5.91 Å². The summed E-state index contributed by atoms with van der Waals surface area (Å²) < 4.78 is 6.99. The zero-order valence-corrected chi connectivity index (χ0v) is 15.8. The molecule has 3 rings (SSSR count). The Morgan fingerprint density at radius 1 is 1.33 bits per heavy atom. The number of nitrogens with one attached hydrogen (secondary N) is 2. The van der Waals surface area contributed by atoms with E-state index in [2.05, 4.69) is 25.7 Å². The van der Waals surface area contributed by atoms with E-state index in [9.17, 15) is 4.79 Å². The SMILES string of the molecule is COCCCn1cnnc1CNC(=O)c1cccc(-c2c(C)n[nH]c2C)c1. The van der Waals surface area contributed by atoms with Crippen LogP contribution in [0.2, 0.25) is 0 Å². The fraction of sp³-hybridized carbons (Fsp3) is 0.368. The molecule has 0 aliphatic heterocycles. The van der Waals surface area contributed by atoms with Gasteiger partial charge < -0.3 is 14.6 Å². The van der Waals surface area contributed by atoms with E-state index in [4.69, 9.17) is 4.74 Å². The van der Waals surface area contributed by atoms with Gasteiger partial charge in [0.05, 0.1) is 12.2 Å². The van der Waals surface area contributed by atoms with Crippen molar-refractivity contribution in [2.45, 2.75) is 33.4 Å². The van der Waals surface area contributed by atoms with Crippen molar-refractivity contribution in [1.29, 1.82) is 0 Å². The van der Waals surface area contributed by atoms with E-state index >= 15 is 0 Å². The van der Waals surface area contributed by atoms with Crippen LogP contribution in [-0.2, 0) is 17.8 Å². The second kappa shape index (κ2) is 8.59. The van der Waals surface area contributed by atoms with Gasteiger partial charge in [0.15, 0.2) is 5.82 Å². The molecule has 0 aliphatic carbocycles. The van der Waals surface area contributed by atoms with E-state index in [1.165, 1.54) is 0 Å². The molecule has 0 radical (unpaired) electrons. The van der Waals surface area contributed by atoms with Gasteiger partial charge in [-0.15, -0.1) is 10.2 Å². The number of aromatic nitrogens is 5. The summed E-state index contributed by atoms with van der Waals surface area (Å²) in [7, 11) is 1.67. The van der Waals surface area contributed by atoms with Crippen LogP contribution >= 0.6 is 0 Å². The third-order valence-electron chi connectivity index (χ3n) is 4.39. The molecule has 0 fully saturated rings. The van der Waals surface area contributed by atoms with Crippen LogP contribution in [0.25, 0.3) is 11.1 Å². The van der Waals surface area contributed by atoms with Gasteiger partial charge in [0, 0.05) is 37.1 Å². The first-order valence-corrected chi connectivity index (χ1v) is 8.86. The Labute approximate surface area is 158 Å². The molecule has 0 spiro atoms. The molecule has 3 aromatic rings. The molecule has 2 heterocycles. The topological polar surface area (TPSA) is 97.7 Å². The molecular weight excluding hydrogens is 344 g/mol. The molecule has 0 atom stereocenters. The maximum absolute atomic E-state index is 12.6. The maximum atomic E-state index is 12.6. The van der Waals surface area contributed by atoms with E-state index < -0.39 is 0 Å². The average Bonchev–Trinajstić information content (AvgIpc) is 3.26. The Morgan fingerprint density at radius 3 is 2.93 bits per heavy atom. The normalized spacial score (nSPS) is 10.9. The van der Waals surface area contributed by atoms with E-state index in [-0.39, 0.29) is 5.91 Å². The largest absolute Gasteiger partial charge is 0.385 e. The van der Waals surface area contributed by atoms with Crippen LogP contribution in [0.4, 0.5) is 0 Å². The monoisotopic (exact) mass is 368 g/mol. The highest BCUT2D eigenvalue weighted by Crippen LogP contribution is 2.25. The molecular formula is C19H24N6O2. The van der Waals surface area contributed by atoms with Crippen molar-refractivity contribution in [1.82, 2.24) is 30.3 Å². The molecule has 0 saturated heterocycles. The van der Waals surface area contributed by atoms with Gasteiger partial charge in [-0.25, -0.2) is 0 Å². The summed E-state index contributed by atoms with van der Waals surface area (Å²) in [6.07, 6.45) is 2.53. The number of hydrogen-bond donors (Lipinski definition) is 2. The standard InChI is InChI=1S/C19H24N6O2/c1-13-18(14(2)23-22-13)15-6-4-7-16(10-15)19(26)20-11-17-24-21-12-25(17)8-5-9-27-3/h4,6-7,10,12H,5,8-9,11H2,1-3H3,(H,20,26)(H,22,23). The van der Waals surface area contributed by atoms with Crippen LogP contribution in [0.5, 0.6) is 0 Å². The lowest BCUT2D eigenvalue weighted by atomic mass is 10.0. The molecule has 0 aliphatic rings. The van der Waals surface area contributed by atoms with Crippen molar-refractivity contribution >= 4 is 5.91 Å². The van der Waals surface area contributed by atoms with Crippen LogP contribution in [-0.4, -0.2) is 44.6 Å². The molecule has 142 valence electrons. The third kappa shape index (κ3) is 4.40. The van der Waals surface area contributed by atoms with E-state index in [0.29, 0.717) is 18.7 Å². The lowest BCUT2D eigenvalue weighted by Crippen LogP contribution is -2.25. The minimum absolute atomic E-state index is 0.151. The van der Waals surface area contributed by atoms with E-state index in [1.54, 1.807) is 19.5 Å². The zero-order chi connectivity index (χ0) is 19.2. The quantitative estimate of drug-likeness (QED) is 0.594. The molecule has 0 saturated carbocycles. The van der Waals surface area contributed by atoms with Crippen LogP contribution in [0.15, 0.2) is 30.6 Å². The van der Waals surface area contributed by atoms with Gasteiger partial charge in [0.2, 0.25) is 0 Å². The number of benzene rings is 1. The molecule has 8 heteroatoms. The Hall–Kier alpha value is -3.00. The molecule has 1 aromatic carbocycles. The summed E-state index contributed by atoms with van der Waals surface area (Å²) in [6.45, 7) is 5.66. The second-order valence-corrected chi connectivity index (χ2v) is 6.36. The molecule has 2 N–H and O–H groups in total. The number of carbonyl (C=O) groups is 1. The predicted octanol–water partition coefficient (Wildman–Crippen LogP) is 2.25. The average molecular weight is 368 g/mol. The fourth-order valence-corrected chi connectivity index (χ4v) is 3.04. The smallest absolute Gasteiger partial charge is 0.251 e. The van der Waals surface area contributed by atoms with Crippen LogP contribution in [0.3, 0.4) is 0 Å². The summed E-state index contributed by atoms with van der Waals surface area (Å²) in [5.41, 5.74) is 4.48. The second-order valence-electron chi connectivity index (χ2n) is 6.36. The fourth-order valence-electron chi connectivity index (χ4n) is 3.04. The number of amides is 1. The summed E-state index contributed by atoms with van der Waals surface area (Å²) in [4.78, 5) is 12.6. The number of ether oxygens (including phenoxy) is 1. The first kappa shape index (κ1) is 18.8. The van der Waals surface area contributed by atoms with E-state index in [0.717, 1.165) is 41.3 Å². The Bertz CT molecular complexity index is 895. The first-order valence-electron chi connectivity index (χ1n) is 8.86. The highest BCUT2D eigenvalue weighted by atomic mass is 16.5. The molecule has 2 aromatic heterocycles. The van der Waals surface area contributed by atoms with Crippen molar-refractivity contribution in [2.24, 2.45) is 0 Å². The number of methoxy groups -OCH3 is 1. The summed E-state index contributed by atoms with van der Waals surface area (Å²) >= 11 is 0. The van der Waals surface area contributed by atoms with Gasteiger partial charge in [-0.05, 0) is 38.0 Å². The van der Waals surface area contributed by atoms with Crippen LogP contribution in [0.1, 0.15) is 34.0 Å². The van der Waals surface area contributed by atoms with Gasteiger partial charge in [0.1, 0.15) is 6.33 Å². The van der Waals surface area contributed by atoms with Crippen molar-refractivity contribution in [3.05, 3.63) is 53.4 Å². The Morgan fingerprint density at radius 2 is 2.19 bits per heavy atom. The van der Waals surface area contributed by atoms with Gasteiger partial charge >= 0.3 is 0 Å². The number of hydrogen-bond acceptors (Lipinski definition) is 5. The molecule has 1 amide bonds. The van der Waals surface area contributed by atoms with Gasteiger partial charge in [-0.2, -0.15) is 5.10 Å². The zero-order valence-electron chi connectivity index (χ0n) is 15.8. The highest BCUT2D eigenvalue weighted by molar-refractivity contribution is 5.95. The minimum atomic E-state index is -0.151. The number of aromatic amines is 1. The van der Waals surface area contributed by atoms with Crippen LogP contribution < -0.4 is 5.32 Å². The number of nitrogens with zero attached hydrogens (tertiary/aromatic N) is 4. The highest BCUT2D eigenvalue weighted by Gasteiger charge is 2.13. The lowest BCUT2D eigenvalue weighted by molar-refractivity contribution is 0.0949. The van der Waals surface area contributed by atoms with Crippen molar-refractivity contribution in [3.8, 4) is 11.1 Å². The number of aryl methyl sites for hydroxylation is 3. The maximum Gasteiger partial charge on any atom is 0.251 e. The Balaban J connectivity index is 1.67. The van der Waals surface area contributed by atoms with Crippen LogP contribution in [0, 0.1) is 13.8 Å². The Kier molecular flexibility index (Phi) is 5.97. The third-order valence-corrected chi connectivity index (χ3v) is 4.39. The molecule has 8 nitrogen and oxygen atoms in total. The summed E-state index contributed by atoms with van der Waals surface area (Å²) in [5, 5.41) is 18.1. The first-order chi connectivity index (χ1) is 13.1. The number of rotatable bonds is 8. The summed E-state index contributed by atoms with van der Waals surface area (Å²) in [6, 6.07) is 7.54. The van der Waals surface area contributed by atoms with E-state index in [1.807, 2.05) is 36.6 Å². The van der Waals surface area contributed by atoms with Crippen molar-refractivity contribution in [3.63, 3.8) is 0 Å². The van der Waals surface area contributed by atoms with Crippen molar-refractivity contribution in [2.75, 3.05) is 13.7 Å². The molecule has 0 bridgehead atoms. The summed E-state index contributed by atoms with van der Waals surface area (Å²) in [5.74, 6) is 0.569. The number of H-pyrrole nitrogens is 1. The number of carbonyl (C=O) groups excluding carboxylic acids is 1. The van der Waals surface area contributed by atoms with Crippen molar-refractivity contribution < 1.29 is 9.53 Å².